The van der Waals surface area contributed by atoms with E-state index in [1.165, 1.54) is 19.1 Å². The topological polar surface area (TPSA) is 101 Å². The van der Waals surface area contributed by atoms with Gasteiger partial charge in [-0.3, -0.25) is 19.7 Å². The first-order chi connectivity index (χ1) is 12.2. The Morgan fingerprint density at radius 1 is 1.15 bits per heavy atom. The molecule has 0 aromatic heterocycles. The van der Waals surface area contributed by atoms with E-state index in [0.29, 0.717) is 10.7 Å². The molecule has 0 aliphatic carbocycles. The van der Waals surface area contributed by atoms with E-state index < -0.39 is 22.8 Å². The third-order valence-corrected chi connectivity index (χ3v) is 4.16. The number of nitrogens with one attached hydrogen (secondary N) is 2. The lowest BCUT2D eigenvalue weighted by atomic mass is 10.1. The van der Waals surface area contributed by atoms with Gasteiger partial charge in [0.25, 0.3) is 11.6 Å². The predicted octanol–water partition coefficient (Wildman–Crippen LogP) is 3.97. The fraction of sp³-hybridized carbons (Fsp3) is 0.176. The summed E-state index contributed by atoms with van der Waals surface area (Å²) in [5, 5.41) is 16.5. The van der Waals surface area contributed by atoms with E-state index in [9.17, 15) is 19.7 Å². The maximum absolute atomic E-state index is 12.3. The average molecular weight is 396 g/mol. The monoisotopic (exact) mass is 395 g/mol. The van der Waals surface area contributed by atoms with Gasteiger partial charge in [-0.25, -0.2) is 0 Å². The maximum Gasteiger partial charge on any atom is 0.288 e. The highest BCUT2D eigenvalue weighted by Crippen LogP contribution is 2.25. The second kappa shape index (κ2) is 8.16. The summed E-state index contributed by atoms with van der Waals surface area (Å²) in [5.74, 6) is -1.08. The smallest absolute Gasteiger partial charge is 0.288 e. The number of halogens is 2. The molecule has 2 aromatic rings. The lowest BCUT2D eigenvalue weighted by Gasteiger charge is -2.15. The molecule has 0 bridgehead atoms. The fourth-order valence-electron chi connectivity index (χ4n) is 2.11. The van der Waals surface area contributed by atoms with E-state index in [1.807, 2.05) is 6.92 Å². The molecule has 136 valence electrons. The van der Waals surface area contributed by atoms with Gasteiger partial charge in [0, 0.05) is 22.3 Å². The first kappa shape index (κ1) is 19.7. The fourth-order valence-corrected chi connectivity index (χ4v) is 2.47. The van der Waals surface area contributed by atoms with Crippen molar-refractivity contribution in [2.24, 2.45) is 0 Å². The zero-order chi connectivity index (χ0) is 19.4. The Kier molecular flexibility index (Phi) is 6.18. The molecule has 26 heavy (non-hydrogen) atoms. The minimum absolute atomic E-state index is 0.0275. The molecule has 7 nitrogen and oxygen atoms in total. The van der Waals surface area contributed by atoms with E-state index >= 15 is 0 Å². The Balaban J connectivity index is 2.09. The second-order valence-corrected chi connectivity index (χ2v) is 6.41. The van der Waals surface area contributed by atoms with Gasteiger partial charge in [-0.1, -0.05) is 29.3 Å². The van der Waals surface area contributed by atoms with Crippen LogP contribution in [0.1, 0.15) is 22.8 Å². The van der Waals surface area contributed by atoms with Crippen LogP contribution >= 0.6 is 23.2 Å². The summed E-state index contributed by atoms with van der Waals surface area (Å²) in [7, 11) is 0. The highest BCUT2D eigenvalue weighted by Gasteiger charge is 2.20. The van der Waals surface area contributed by atoms with E-state index in [1.54, 1.807) is 18.2 Å². The molecule has 0 saturated carbocycles. The van der Waals surface area contributed by atoms with Gasteiger partial charge in [-0.2, -0.15) is 0 Å². The number of benzene rings is 2. The Bertz CT molecular complexity index is 886. The van der Waals surface area contributed by atoms with Crippen molar-refractivity contribution >= 4 is 46.4 Å². The standard InChI is InChI=1S/C17H15Cl2N3O4/c1-9-3-5-12(18)8-14(9)21-16(23)10(2)20-17(24)11-4-6-13(19)15(7-11)22(25)26/h3-8,10H,1-2H3,(H,20,24)(H,21,23)/t10-/m0/s1. The summed E-state index contributed by atoms with van der Waals surface area (Å²) in [5.41, 5.74) is 0.992. The second-order valence-electron chi connectivity index (χ2n) is 5.57. The lowest BCUT2D eigenvalue weighted by Crippen LogP contribution is -2.41. The van der Waals surface area contributed by atoms with E-state index in [-0.39, 0.29) is 16.3 Å². The van der Waals surface area contributed by atoms with Crippen LogP contribution in [-0.2, 0) is 4.79 Å². The summed E-state index contributed by atoms with van der Waals surface area (Å²) >= 11 is 11.6. The summed E-state index contributed by atoms with van der Waals surface area (Å²) < 4.78 is 0. The Morgan fingerprint density at radius 2 is 1.85 bits per heavy atom. The number of nitro benzene ring substituents is 1. The zero-order valence-corrected chi connectivity index (χ0v) is 15.4. The number of nitro groups is 1. The first-order valence-corrected chi connectivity index (χ1v) is 8.26. The Morgan fingerprint density at radius 3 is 2.50 bits per heavy atom. The predicted molar refractivity (Wildman–Crippen MR) is 99.9 cm³/mol. The van der Waals surface area contributed by atoms with Crippen LogP contribution in [0.2, 0.25) is 10.0 Å². The normalized spacial score (nSPS) is 11.5. The van der Waals surface area contributed by atoms with Gasteiger partial charge in [0.05, 0.1) is 4.92 Å². The molecule has 2 N–H and O–H groups in total. The summed E-state index contributed by atoms with van der Waals surface area (Å²) in [6.07, 6.45) is 0. The van der Waals surface area contributed by atoms with Crippen LogP contribution in [0.15, 0.2) is 36.4 Å². The van der Waals surface area contributed by atoms with Gasteiger partial charge >= 0.3 is 0 Å². The van der Waals surface area contributed by atoms with Crippen molar-refractivity contribution in [1.82, 2.24) is 5.32 Å². The SMILES string of the molecule is Cc1ccc(Cl)cc1NC(=O)[C@H](C)NC(=O)c1ccc(Cl)c([N+](=O)[O-])c1. The van der Waals surface area contributed by atoms with Crippen molar-refractivity contribution in [2.75, 3.05) is 5.32 Å². The summed E-state index contributed by atoms with van der Waals surface area (Å²) in [6.45, 7) is 3.31. The average Bonchev–Trinajstić information content (AvgIpc) is 2.58. The molecule has 2 rings (SSSR count). The molecule has 0 heterocycles. The molecular formula is C17H15Cl2N3O4. The van der Waals surface area contributed by atoms with Crippen LogP contribution in [0.4, 0.5) is 11.4 Å². The zero-order valence-electron chi connectivity index (χ0n) is 13.9. The number of anilines is 1. The quantitative estimate of drug-likeness (QED) is 0.590. The van der Waals surface area contributed by atoms with Crippen LogP contribution in [-0.4, -0.2) is 22.8 Å². The lowest BCUT2D eigenvalue weighted by molar-refractivity contribution is -0.384. The highest BCUT2D eigenvalue weighted by molar-refractivity contribution is 6.32. The van der Waals surface area contributed by atoms with Gasteiger partial charge in [0.2, 0.25) is 5.91 Å². The van der Waals surface area contributed by atoms with Crippen molar-refractivity contribution in [3.05, 3.63) is 67.7 Å². The van der Waals surface area contributed by atoms with Gasteiger partial charge in [-0.15, -0.1) is 0 Å². The van der Waals surface area contributed by atoms with Crippen molar-refractivity contribution in [2.45, 2.75) is 19.9 Å². The molecule has 9 heteroatoms. The van der Waals surface area contributed by atoms with Gasteiger partial charge in [0.15, 0.2) is 0 Å². The minimum atomic E-state index is -0.879. The molecule has 0 aliphatic rings. The third-order valence-electron chi connectivity index (χ3n) is 3.60. The number of nitrogens with zero attached hydrogens (tertiary/aromatic N) is 1. The van der Waals surface area contributed by atoms with Crippen molar-refractivity contribution in [1.29, 1.82) is 0 Å². The maximum atomic E-state index is 12.3. The molecule has 0 aliphatic heterocycles. The van der Waals surface area contributed by atoms with Crippen molar-refractivity contribution < 1.29 is 14.5 Å². The first-order valence-electron chi connectivity index (χ1n) is 7.51. The molecule has 2 amide bonds. The van der Waals surface area contributed by atoms with E-state index in [4.69, 9.17) is 23.2 Å². The van der Waals surface area contributed by atoms with Gasteiger partial charge in [0.1, 0.15) is 11.1 Å². The number of hydrogen-bond donors (Lipinski definition) is 2. The molecule has 0 fully saturated rings. The molecule has 2 aromatic carbocycles. The van der Waals surface area contributed by atoms with Crippen LogP contribution < -0.4 is 10.6 Å². The highest BCUT2D eigenvalue weighted by atomic mass is 35.5. The number of amides is 2. The minimum Gasteiger partial charge on any atom is -0.341 e. The molecule has 0 radical (unpaired) electrons. The molecule has 0 saturated heterocycles. The molecular weight excluding hydrogens is 381 g/mol. The van der Waals surface area contributed by atoms with Crippen LogP contribution in [0.5, 0.6) is 0 Å². The number of rotatable bonds is 5. The van der Waals surface area contributed by atoms with E-state index in [2.05, 4.69) is 10.6 Å². The van der Waals surface area contributed by atoms with Gasteiger partial charge < -0.3 is 10.6 Å². The van der Waals surface area contributed by atoms with Crippen LogP contribution in [0.25, 0.3) is 0 Å². The summed E-state index contributed by atoms with van der Waals surface area (Å²) in [4.78, 5) is 34.7. The summed E-state index contributed by atoms with van der Waals surface area (Å²) in [6, 6.07) is 7.84. The number of carbonyl (C=O) groups excluding carboxylic acids is 2. The van der Waals surface area contributed by atoms with Crippen LogP contribution in [0.3, 0.4) is 0 Å². The Hall–Kier alpha value is -2.64. The molecule has 1 atom stereocenters. The largest absolute Gasteiger partial charge is 0.341 e. The van der Waals surface area contributed by atoms with Crippen molar-refractivity contribution in [3.63, 3.8) is 0 Å². The van der Waals surface area contributed by atoms with E-state index in [0.717, 1.165) is 11.6 Å². The van der Waals surface area contributed by atoms with Gasteiger partial charge in [-0.05, 0) is 43.7 Å². The van der Waals surface area contributed by atoms with Crippen molar-refractivity contribution in [3.8, 4) is 0 Å². The molecule has 0 spiro atoms. The third kappa shape index (κ3) is 4.71. The number of hydrogen-bond acceptors (Lipinski definition) is 4. The van der Waals surface area contributed by atoms with Crippen LogP contribution in [0, 0.1) is 17.0 Å². The Labute approximate surface area is 159 Å². The number of aryl methyl sites for hydroxylation is 1. The number of carbonyl (C=O) groups is 2. The molecule has 0 unspecified atom stereocenters.